The molecular weight excluding hydrogens is 322 g/mol. The number of rotatable bonds is 3. The highest BCUT2D eigenvalue weighted by Gasteiger charge is 2.43. The summed E-state index contributed by atoms with van der Waals surface area (Å²) in [6.45, 7) is 1.94. The van der Waals surface area contributed by atoms with Gasteiger partial charge in [-0.1, -0.05) is 30.3 Å². The molecule has 0 radical (unpaired) electrons. The van der Waals surface area contributed by atoms with Crippen LogP contribution in [0.1, 0.15) is 23.6 Å². The lowest BCUT2D eigenvalue weighted by atomic mass is 9.77. The third-order valence-electron chi connectivity index (χ3n) is 5.04. The van der Waals surface area contributed by atoms with Crippen LogP contribution in [0.2, 0.25) is 0 Å². The molecule has 0 saturated heterocycles. The van der Waals surface area contributed by atoms with Gasteiger partial charge in [-0.3, -0.25) is 9.78 Å². The molecule has 1 N–H and O–H groups in total. The average molecular weight is 339 g/mol. The van der Waals surface area contributed by atoms with E-state index < -0.39 is 5.41 Å². The number of hydrogen-bond donors (Lipinski definition) is 1. The zero-order valence-corrected chi connectivity index (χ0v) is 14.4. The number of hydrogen-bond acceptors (Lipinski definition) is 3. The van der Waals surface area contributed by atoms with E-state index in [4.69, 9.17) is 0 Å². The van der Waals surface area contributed by atoms with Crippen LogP contribution in [0.3, 0.4) is 0 Å². The first-order chi connectivity index (χ1) is 12.6. The summed E-state index contributed by atoms with van der Waals surface area (Å²) in [6.07, 6.45) is 4.03. The van der Waals surface area contributed by atoms with E-state index in [0.29, 0.717) is 12.0 Å². The zero-order chi connectivity index (χ0) is 18.1. The number of carbonyl (C=O) groups is 1. The average Bonchev–Trinajstić information content (AvgIpc) is 2.93. The third kappa shape index (κ3) is 2.55. The summed E-state index contributed by atoms with van der Waals surface area (Å²) in [7, 11) is 0. The fourth-order valence-electron chi connectivity index (χ4n) is 3.55. The first kappa shape index (κ1) is 16.0. The molecule has 1 aliphatic rings. The van der Waals surface area contributed by atoms with Gasteiger partial charge in [0.2, 0.25) is 5.91 Å². The maximum atomic E-state index is 12.8. The smallest absolute Gasteiger partial charge is 0.235 e. The molecule has 0 saturated carbocycles. The second kappa shape index (κ2) is 6.12. The molecule has 4 nitrogen and oxygen atoms in total. The monoisotopic (exact) mass is 339 g/mol. The minimum atomic E-state index is -0.722. The highest BCUT2D eigenvalue weighted by atomic mass is 16.2. The number of carbonyl (C=O) groups excluding carboxylic acids is 1. The molecular formula is C22H17N3O. The Hall–Kier alpha value is -3.45. The Kier molecular flexibility index (Phi) is 3.78. The number of nitrogens with zero attached hydrogens (tertiary/aromatic N) is 2. The van der Waals surface area contributed by atoms with E-state index in [2.05, 4.69) is 22.4 Å². The van der Waals surface area contributed by atoms with Gasteiger partial charge in [-0.25, -0.2) is 0 Å². The Labute approximate surface area is 152 Å². The molecule has 1 atom stereocenters. The van der Waals surface area contributed by atoms with Gasteiger partial charge >= 0.3 is 0 Å². The highest BCUT2D eigenvalue weighted by molar-refractivity contribution is 6.06. The largest absolute Gasteiger partial charge is 0.325 e. The van der Waals surface area contributed by atoms with Crippen LogP contribution in [-0.4, -0.2) is 10.9 Å². The summed E-state index contributed by atoms with van der Waals surface area (Å²) in [5.74, 6) is -0.0384. The van der Waals surface area contributed by atoms with Gasteiger partial charge in [0.05, 0.1) is 17.0 Å². The number of pyridine rings is 1. The molecule has 4 heteroatoms. The van der Waals surface area contributed by atoms with E-state index in [1.165, 1.54) is 0 Å². The van der Waals surface area contributed by atoms with Crippen molar-refractivity contribution in [3.05, 3.63) is 83.7 Å². The predicted octanol–water partition coefficient (Wildman–Crippen LogP) is 4.07. The standard InChI is InChI=1S/C22H17N3O/c1-22(12-16-5-2-3-6-17(16)13-23)19-11-15(18-7-4-10-24-14-18)8-9-20(19)25-21(22)26/h2-11,14H,12H2,1H3,(H,25,26). The molecule has 0 spiro atoms. The summed E-state index contributed by atoms with van der Waals surface area (Å²) in [5, 5.41) is 12.4. The van der Waals surface area contributed by atoms with Crippen molar-refractivity contribution in [2.75, 3.05) is 5.32 Å². The van der Waals surface area contributed by atoms with Crippen molar-refractivity contribution in [2.24, 2.45) is 0 Å². The van der Waals surface area contributed by atoms with E-state index in [1.54, 1.807) is 12.3 Å². The van der Waals surface area contributed by atoms with E-state index in [1.807, 2.05) is 55.6 Å². The van der Waals surface area contributed by atoms with E-state index >= 15 is 0 Å². The summed E-state index contributed by atoms with van der Waals surface area (Å²) >= 11 is 0. The first-order valence-corrected chi connectivity index (χ1v) is 8.46. The van der Waals surface area contributed by atoms with Crippen molar-refractivity contribution >= 4 is 11.6 Å². The summed E-state index contributed by atoms with van der Waals surface area (Å²) in [4.78, 5) is 17.0. The van der Waals surface area contributed by atoms with Crippen LogP contribution in [0.15, 0.2) is 67.0 Å². The summed E-state index contributed by atoms with van der Waals surface area (Å²) in [6, 6.07) is 19.6. The quantitative estimate of drug-likeness (QED) is 0.782. The van der Waals surface area contributed by atoms with Crippen LogP contribution < -0.4 is 5.32 Å². The van der Waals surface area contributed by atoms with Gasteiger partial charge in [0, 0.05) is 18.1 Å². The Balaban J connectivity index is 1.80. The number of anilines is 1. The first-order valence-electron chi connectivity index (χ1n) is 8.46. The molecule has 126 valence electrons. The molecule has 2 aromatic carbocycles. The maximum absolute atomic E-state index is 12.8. The van der Waals surface area contributed by atoms with Gasteiger partial charge in [-0.2, -0.15) is 5.26 Å². The molecule has 1 aliphatic heterocycles. The summed E-state index contributed by atoms with van der Waals surface area (Å²) in [5.41, 5.74) is 4.59. The lowest BCUT2D eigenvalue weighted by Crippen LogP contribution is -2.33. The number of amides is 1. The van der Waals surface area contributed by atoms with Crippen molar-refractivity contribution in [1.29, 1.82) is 5.26 Å². The zero-order valence-electron chi connectivity index (χ0n) is 14.4. The topological polar surface area (TPSA) is 65.8 Å². The summed E-state index contributed by atoms with van der Waals surface area (Å²) < 4.78 is 0. The number of nitriles is 1. The van der Waals surface area contributed by atoms with Crippen LogP contribution in [0.25, 0.3) is 11.1 Å². The highest BCUT2D eigenvalue weighted by Crippen LogP contribution is 2.42. The molecule has 0 bridgehead atoms. The van der Waals surface area contributed by atoms with Crippen molar-refractivity contribution in [3.8, 4) is 17.2 Å². The Bertz CT molecular complexity index is 1040. The third-order valence-corrected chi connectivity index (χ3v) is 5.04. The number of nitrogens with one attached hydrogen (secondary N) is 1. The SMILES string of the molecule is CC1(Cc2ccccc2C#N)C(=O)Nc2ccc(-c3cccnc3)cc21. The minimum absolute atomic E-state index is 0.0384. The number of aromatic nitrogens is 1. The molecule has 1 unspecified atom stereocenters. The molecule has 4 rings (SSSR count). The van der Waals surface area contributed by atoms with Crippen molar-refractivity contribution in [3.63, 3.8) is 0 Å². The second-order valence-corrected chi connectivity index (χ2v) is 6.73. The van der Waals surface area contributed by atoms with Crippen molar-refractivity contribution in [2.45, 2.75) is 18.8 Å². The molecule has 0 aliphatic carbocycles. The molecule has 1 amide bonds. The van der Waals surface area contributed by atoms with Crippen LogP contribution >= 0.6 is 0 Å². The van der Waals surface area contributed by atoms with Gasteiger partial charge in [0.25, 0.3) is 0 Å². The van der Waals surface area contributed by atoms with Gasteiger partial charge in [-0.05, 0) is 59.9 Å². The van der Waals surface area contributed by atoms with Gasteiger partial charge < -0.3 is 5.32 Å². The molecule has 1 aromatic heterocycles. The van der Waals surface area contributed by atoms with Gasteiger partial charge in [-0.15, -0.1) is 0 Å². The lowest BCUT2D eigenvalue weighted by Gasteiger charge is -2.23. The minimum Gasteiger partial charge on any atom is -0.325 e. The van der Waals surface area contributed by atoms with Crippen LogP contribution in [-0.2, 0) is 16.6 Å². The predicted molar refractivity (Wildman–Crippen MR) is 101 cm³/mol. The normalized spacial score (nSPS) is 18.1. The van der Waals surface area contributed by atoms with E-state index in [9.17, 15) is 10.1 Å². The molecule has 0 fully saturated rings. The fourth-order valence-corrected chi connectivity index (χ4v) is 3.55. The molecule has 3 aromatic rings. The van der Waals surface area contributed by atoms with Crippen LogP contribution in [0, 0.1) is 11.3 Å². The number of benzene rings is 2. The van der Waals surface area contributed by atoms with Crippen molar-refractivity contribution in [1.82, 2.24) is 4.98 Å². The van der Waals surface area contributed by atoms with Crippen LogP contribution in [0.4, 0.5) is 5.69 Å². The van der Waals surface area contributed by atoms with E-state index in [-0.39, 0.29) is 5.91 Å². The van der Waals surface area contributed by atoms with Gasteiger partial charge in [0.1, 0.15) is 0 Å². The maximum Gasteiger partial charge on any atom is 0.235 e. The van der Waals surface area contributed by atoms with Gasteiger partial charge in [0.15, 0.2) is 0 Å². The molecule has 26 heavy (non-hydrogen) atoms. The lowest BCUT2D eigenvalue weighted by molar-refractivity contribution is -0.120. The Morgan fingerprint density at radius 1 is 1.12 bits per heavy atom. The Morgan fingerprint density at radius 2 is 1.96 bits per heavy atom. The van der Waals surface area contributed by atoms with Crippen molar-refractivity contribution < 1.29 is 4.79 Å². The Morgan fingerprint density at radius 3 is 2.73 bits per heavy atom. The number of fused-ring (bicyclic) bond motifs is 1. The molecule has 2 heterocycles. The van der Waals surface area contributed by atoms with E-state index in [0.717, 1.165) is 27.9 Å². The second-order valence-electron chi connectivity index (χ2n) is 6.73. The fraction of sp³-hybridized carbons (Fsp3) is 0.136. The van der Waals surface area contributed by atoms with Crippen LogP contribution in [0.5, 0.6) is 0 Å².